The monoisotopic (exact) mass is 472 g/mol. The zero-order chi connectivity index (χ0) is 22.8. The first kappa shape index (κ1) is 24.7. The molecular formula is C26H33ClN2O2S. The highest BCUT2D eigenvalue weighted by Crippen LogP contribution is 2.20. The fourth-order valence-corrected chi connectivity index (χ4v) is 5.18. The van der Waals surface area contributed by atoms with Crippen molar-refractivity contribution >= 4 is 35.2 Å². The molecule has 0 bridgehead atoms. The largest absolute Gasteiger partial charge is 0.352 e. The van der Waals surface area contributed by atoms with Crippen LogP contribution in [0.15, 0.2) is 54.6 Å². The molecule has 172 valence electrons. The lowest BCUT2D eigenvalue weighted by Crippen LogP contribution is -2.52. The summed E-state index contributed by atoms with van der Waals surface area (Å²) in [6.45, 7) is 2.53. The summed E-state index contributed by atoms with van der Waals surface area (Å²) in [6, 6.07) is 17.7. The highest BCUT2D eigenvalue weighted by Gasteiger charge is 2.30. The van der Waals surface area contributed by atoms with E-state index < -0.39 is 6.04 Å². The maximum Gasteiger partial charge on any atom is 0.243 e. The van der Waals surface area contributed by atoms with E-state index in [2.05, 4.69) is 17.4 Å². The second kappa shape index (κ2) is 12.9. The van der Waals surface area contributed by atoms with Gasteiger partial charge in [0.25, 0.3) is 0 Å². The summed E-state index contributed by atoms with van der Waals surface area (Å²) in [5.41, 5.74) is 2.30. The highest BCUT2D eigenvalue weighted by molar-refractivity contribution is 7.99. The van der Waals surface area contributed by atoms with Crippen LogP contribution in [0.3, 0.4) is 0 Å². The first-order valence-corrected chi connectivity index (χ1v) is 13.1. The molecule has 0 heterocycles. The van der Waals surface area contributed by atoms with Crippen molar-refractivity contribution in [2.24, 2.45) is 0 Å². The van der Waals surface area contributed by atoms with Crippen molar-refractivity contribution in [3.63, 3.8) is 0 Å². The van der Waals surface area contributed by atoms with Crippen molar-refractivity contribution in [2.75, 3.05) is 12.3 Å². The van der Waals surface area contributed by atoms with Crippen LogP contribution in [0.25, 0.3) is 0 Å². The molecule has 1 saturated carbocycles. The molecule has 0 unspecified atom stereocenters. The van der Waals surface area contributed by atoms with E-state index >= 15 is 0 Å². The molecule has 1 aliphatic rings. The quantitative estimate of drug-likeness (QED) is 0.471. The normalized spacial score (nSPS) is 14.8. The highest BCUT2D eigenvalue weighted by atomic mass is 35.5. The number of nitrogens with one attached hydrogen (secondary N) is 1. The van der Waals surface area contributed by atoms with E-state index in [1.807, 2.05) is 49.4 Å². The molecule has 0 radical (unpaired) electrons. The second-order valence-electron chi connectivity index (χ2n) is 8.36. The Labute approximate surface area is 201 Å². The fraction of sp³-hybridized carbons (Fsp3) is 0.462. The summed E-state index contributed by atoms with van der Waals surface area (Å²) in [4.78, 5) is 28.1. The molecular weight excluding hydrogens is 440 g/mol. The summed E-state index contributed by atoms with van der Waals surface area (Å²) >= 11 is 7.54. The molecule has 0 aromatic heterocycles. The molecule has 2 amide bonds. The number of carbonyl (C=O) groups excluding carboxylic acids is 2. The van der Waals surface area contributed by atoms with Crippen LogP contribution in [0.4, 0.5) is 0 Å². The lowest BCUT2D eigenvalue weighted by atomic mass is 10.1. The van der Waals surface area contributed by atoms with Crippen molar-refractivity contribution in [3.05, 3.63) is 70.7 Å². The van der Waals surface area contributed by atoms with Crippen LogP contribution in [-0.2, 0) is 21.8 Å². The Morgan fingerprint density at radius 1 is 1.06 bits per heavy atom. The summed E-state index contributed by atoms with van der Waals surface area (Å²) in [7, 11) is 0. The third-order valence-corrected chi connectivity index (χ3v) is 7.22. The molecule has 3 rings (SSSR count). The minimum absolute atomic E-state index is 0.0106. The van der Waals surface area contributed by atoms with Gasteiger partial charge in [0.05, 0.1) is 5.75 Å². The zero-order valence-electron chi connectivity index (χ0n) is 18.8. The van der Waals surface area contributed by atoms with E-state index in [0.717, 1.165) is 30.6 Å². The zero-order valence-corrected chi connectivity index (χ0v) is 20.3. The van der Waals surface area contributed by atoms with Crippen LogP contribution in [0.1, 0.15) is 50.2 Å². The molecule has 1 fully saturated rings. The summed E-state index contributed by atoms with van der Waals surface area (Å²) in [5.74, 6) is 1.10. The van der Waals surface area contributed by atoms with Crippen LogP contribution in [0.2, 0.25) is 5.02 Å². The third-order valence-electron chi connectivity index (χ3n) is 5.98. The first-order chi connectivity index (χ1) is 15.6. The Morgan fingerprint density at radius 3 is 2.41 bits per heavy atom. The Hall–Kier alpha value is -1.98. The van der Waals surface area contributed by atoms with E-state index in [9.17, 15) is 9.59 Å². The van der Waals surface area contributed by atoms with Crippen molar-refractivity contribution in [1.29, 1.82) is 0 Å². The molecule has 0 spiro atoms. The van der Waals surface area contributed by atoms with Gasteiger partial charge in [-0.25, -0.2) is 0 Å². The van der Waals surface area contributed by atoms with Gasteiger partial charge in [-0.15, -0.1) is 11.8 Å². The van der Waals surface area contributed by atoms with Gasteiger partial charge in [-0.2, -0.15) is 0 Å². The van der Waals surface area contributed by atoms with Crippen LogP contribution in [-0.4, -0.2) is 41.1 Å². The molecule has 0 aliphatic heterocycles. The van der Waals surface area contributed by atoms with Gasteiger partial charge in [0, 0.05) is 23.4 Å². The van der Waals surface area contributed by atoms with E-state index in [4.69, 9.17) is 11.6 Å². The fourth-order valence-electron chi connectivity index (χ4n) is 4.18. The summed E-state index contributed by atoms with van der Waals surface area (Å²) in [5, 5.41) is 3.91. The predicted octanol–water partition coefficient (Wildman–Crippen LogP) is 5.48. The maximum absolute atomic E-state index is 13.3. The number of halogens is 1. The first-order valence-electron chi connectivity index (χ1n) is 11.5. The standard InChI is InChI=1S/C26H33ClN2O2S/c1-2-24(26(31)28-23-10-6-7-11-23)29(17-16-20-8-4-3-5-9-20)25(30)19-32-18-21-12-14-22(27)15-13-21/h3-5,8-9,12-15,23-24H,2,6-7,10-11,16-19H2,1H3,(H,28,31)/t24-/m1/s1. The SMILES string of the molecule is CC[C@H](C(=O)NC1CCCC1)N(CCc1ccccc1)C(=O)CSCc1ccc(Cl)cc1. The number of rotatable bonds is 11. The Balaban J connectivity index is 1.63. The van der Waals surface area contributed by atoms with Gasteiger partial charge in [-0.1, -0.05) is 73.8 Å². The summed E-state index contributed by atoms with van der Waals surface area (Å²) in [6.07, 6.45) is 5.76. The van der Waals surface area contributed by atoms with Gasteiger partial charge in [0.2, 0.25) is 11.8 Å². The molecule has 1 aliphatic carbocycles. The van der Waals surface area contributed by atoms with Crippen molar-refractivity contribution < 1.29 is 9.59 Å². The smallest absolute Gasteiger partial charge is 0.243 e. The van der Waals surface area contributed by atoms with Crippen LogP contribution >= 0.6 is 23.4 Å². The number of carbonyl (C=O) groups is 2. The maximum atomic E-state index is 13.3. The van der Waals surface area contributed by atoms with Gasteiger partial charge in [-0.3, -0.25) is 9.59 Å². The Morgan fingerprint density at radius 2 is 1.75 bits per heavy atom. The summed E-state index contributed by atoms with van der Waals surface area (Å²) < 4.78 is 0. The minimum Gasteiger partial charge on any atom is -0.352 e. The average molecular weight is 473 g/mol. The van der Waals surface area contributed by atoms with Gasteiger partial charge in [0.15, 0.2) is 0 Å². The number of hydrogen-bond donors (Lipinski definition) is 1. The number of thioether (sulfide) groups is 1. The van der Waals surface area contributed by atoms with Crippen molar-refractivity contribution in [2.45, 2.75) is 63.3 Å². The van der Waals surface area contributed by atoms with Crippen LogP contribution in [0, 0.1) is 0 Å². The molecule has 1 atom stereocenters. The van der Waals surface area contributed by atoms with Gasteiger partial charge < -0.3 is 10.2 Å². The molecule has 0 saturated heterocycles. The van der Waals surface area contributed by atoms with Crippen molar-refractivity contribution in [3.8, 4) is 0 Å². The molecule has 2 aromatic carbocycles. The van der Waals surface area contributed by atoms with Crippen LogP contribution in [0.5, 0.6) is 0 Å². The van der Waals surface area contributed by atoms with Gasteiger partial charge >= 0.3 is 0 Å². The average Bonchev–Trinajstić information content (AvgIpc) is 3.31. The number of nitrogens with zero attached hydrogens (tertiary/aromatic N) is 1. The Bertz CT molecular complexity index is 854. The molecule has 1 N–H and O–H groups in total. The predicted molar refractivity (Wildman–Crippen MR) is 134 cm³/mol. The molecule has 2 aromatic rings. The second-order valence-corrected chi connectivity index (χ2v) is 9.78. The lowest BCUT2D eigenvalue weighted by molar-refractivity contribution is -0.139. The number of hydrogen-bond acceptors (Lipinski definition) is 3. The van der Waals surface area contributed by atoms with Gasteiger partial charge in [0.1, 0.15) is 6.04 Å². The van der Waals surface area contributed by atoms with E-state index in [1.165, 1.54) is 18.4 Å². The van der Waals surface area contributed by atoms with Crippen LogP contribution < -0.4 is 5.32 Å². The van der Waals surface area contributed by atoms with E-state index in [0.29, 0.717) is 23.7 Å². The minimum atomic E-state index is -0.428. The molecule has 4 nitrogen and oxygen atoms in total. The van der Waals surface area contributed by atoms with E-state index in [-0.39, 0.29) is 17.9 Å². The Kier molecular flexibility index (Phi) is 9.94. The number of benzene rings is 2. The van der Waals surface area contributed by atoms with Gasteiger partial charge in [-0.05, 0) is 48.9 Å². The topological polar surface area (TPSA) is 49.4 Å². The number of amides is 2. The van der Waals surface area contributed by atoms with E-state index in [1.54, 1.807) is 16.7 Å². The third kappa shape index (κ3) is 7.56. The van der Waals surface area contributed by atoms with Crippen molar-refractivity contribution in [1.82, 2.24) is 10.2 Å². The molecule has 6 heteroatoms. The lowest BCUT2D eigenvalue weighted by Gasteiger charge is -2.31. The molecule has 32 heavy (non-hydrogen) atoms.